The number of hydrogen-bond donors (Lipinski definition) is 3. The third-order valence-electron chi connectivity index (χ3n) is 3.28. The van der Waals surface area contributed by atoms with Crippen LogP contribution in [0.5, 0.6) is 0 Å². The highest BCUT2D eigenvalue weighted by Crippen LogP contribution is 2.24. The van der Waals surface area contributed by atoms with Gasteiger partial charge in [0.1, 0.15) is 17.7 Å². The van der Waals surface area contributed by atoms with Gasteiger partial charge in [-0.1, -0.05) is 0 Å². The molecule has 114 valence electrons. The first-order valence-corrected chi connectivity index (χ1v) is 6.51. The van der Waals surface area contributed by atoms with E-state index in [4.69, 9.17) is 5.73 Å². The highest BCUT2D eigenvalue weighted by atomic mass is 19.1. The van der Waals surface area contributed by atoms with E-state index in [1.807, 2.05) is 0 Å². The number of nitrogens with two attached hydrogens (primary N) is 1. The fourth-order valence-electron chi connectivity index (χ4n) is 2.21. The molecule has 3 amide bonds. The standard InChI is InChI=1S/C13H15F2N3O3/c14-6-3-7(16)5-9(15)8(4-6)12(20)17-10-1-2-11(19)18-13(10)21/h4,7,10H,1-3,5,16H2,(H,17,20)(H,18,19,21). The van der Waals surface area contributed by atoms with Gasteiger partial charge in [-0.2, -0.15) is 0 Å². The Morgan fingerprint density at radius 2 is 2.05 bits per heavy atom. The minimum Gasteiger partial charge on any atom is -0.340 e. The van der Waals surface area contributed by atoms with Crippen molar-refractivity contribution < 1.29 is 23.2 Å². The van der Waals surface area contributed by atoms with E-state index in [0.29, 0.717) is 0 Å². The first-order valence-electron chi connectivity index (χ1n) is 6.51. The molecule has 2 unspecified atom stereocenters. The Bertz CT molecular complexity index is 557. The van der Waals surface area contributed by atoms with Crippen molar-refractivity contribution in [2.24, 2.45) is 5.73 Å². The summed E-state index contributed by atoms with van der Waals surface area (Å²) in [6.45, 7) is 0. The van der Waals surface area contributed by atoms with Gasteiger partial charge in [-0.3, -0.25) is 19.7 Å². The van der Waals surface area contributed by atoms with E-state index in [9.17, 15) is 23.2 Å². The molecule has 2 aliphatic rings. The number of carbonyl (C=O) groups is 3. The van der Waals surface area contributed by atoms with Gasteiger partial charge in [0.25, 0.3) is 5.91 Å². The molecule has 0 aromatic rings. The molecule has 2 rings (SSSR count). The van der Waals surface area contributed by atoms with E-state index in [1.165, 1.54) is 0 Å². The summed E-state index contributed by atoms with van der Waals surface area (Å²) in [7, 11) is 0. The summed E-state index contributed by atoms with van der Waals surface area (Å²) < 4.78 is 27.3. The monoisotopic (exact) mass is 299 g/mol. The maximum absolute atomic E-state index is 13.9. The molecule has 1 aliphatic carbocycles. The number of amides is 3. The summed E-state index contributed by atoms with van der Waals surface area (Å²) in [5.41, 5.74) is 5.04. The molecular weight excluding hydrogens is 284 g/mol. The number of carbonyl (C=O) groups excluding carboxylic acids is 3. The van der Waals surface area contributed by atoms with Gasteiger partial charge in [0.05, 0.1) is 5.57 Å². The zero-order valence-electron chi connectivity index (χ0n) is 11.1. The van der Waals surface area contributed by atoms with Crippen LogP contribution >= 0.6 is 0 Å². The molecule has 0 aromatic carbocycles. The van der Waals surface area contributed by atoms with Crippen LogP contribution in [0.3, 0.4) is 0 Å². The minimum absolute atomic E-state index is 0.0767. The molecule has 1 fully saturated rings. The van der Waals surface area contributed by atoms with Gasteiger partial charge in [-0.15, -0.1) is 0 Å². The number of rotatable bonds is 2. The van der Waals surface area contributed by atoms with Crippen molar-refractivity contribution >= 4 is 17.7 Å². The molecule has 1 saturated heterocycles. The average molecular weight is 299 g/mol. The Morgan fingerprint density at radius 3 is 2.71 bits per heavy atom. The average Bonchev–Trinajstić information content (AvgIpc) is 2.50. The summed E-state index contributed by atoms with van der Waals surface area (Å²) in [4.78, 5) is 34.5. The molecule has 0 bridgehead atoms. The second-order valence-corrected chi connectivity index (χ2v) is 5.06. The first-order chi connectivity index (χ1) is 9.86. The molecular formula is C13H15F2N3O3. The van der Waals surface area contributed by atoms with Crippen LogP contribution in [-0.4, -0.2) is 29.8 Å². The summed E-state index contributed by atoms with van der Waals surface area (Å²) in [5.74, 6) is -3.49. The lowest BCUT2D eigenvalue weighted by Crippen LogP contribution is -2.52. The van der Waals surface area contributed by atoms with E-state index in [-0.39, 0.29) is 25.7 Å². The van der Waals surface area contributed by atoms with Crippen molar-refractivity contribution in [1.29, 1.82) is 0 Å². The summed E-state index contributed by atoms with van der Waals surface area (Å²) in [6.07, 6.45) is 0.596. The fourth-order valence-corrected chi connectivity index (χ4v) is 2.21. The zero-order chi connectivity index (χ0) is 15.6. The smallest absolute Gasteiger partial charge is 0.254 e. The van der Waals surface area contributed by atoms with Crippen molar-refractivity contribution in [3.05, 3.63) is 23.3 Å². The van der Waals surface area contributed by atoms with Gasteiger partial charge in [0.15, 0.2) is 0 Å². The second-order valence-electron chi connectivity index (χ2n) is 5.06. The third kappa shape index (κ3) is 3.72. The number of halogens is 2. The van der Waals surface area contributed by atoms with Gasteiger partial charge in [0, 0.05) is 25.3 Å². The van der Waals surface area contributed by atoms with Crippen molar-refractivity contribution in [2.75, 3.05) is 0 Å². The minimum atomic E-state index is -0.941. The van der Waals surface area contributed by atoms with Gasteiger partial charge >= 0.3 is 0 Å². The quantitative estimate of drug-likeness (QED) is 0.630. The molecule has 0 saturated carbocycles. The number of piperidine rings is 1. The van der Waals surface area contributed by atoms with Gasteiger partial charge in [0.2, 0.25) is 11.8 Å². The fraction of sp³-hybridized carbons (Fsp3) is 0.462. The van der Waals surface area contributed by atoms with Crippen molar-refractivity contribution in [1.82, 2.24) is 10.6 Å². The molecule has 6 nitrogen and oxygen atoms in total. The lowest BCUT2D eigenvalue weighted by molar-refractivity contribution is -0.136. The second kappa shape index (κ2) is 6.13. The molecule has 21 heavy (non-hydrogen) atoms. The highest BCUT2D eigenvalue weighted by molar-refractivity contribution is 6.04. The first kappa shape index (κ1) is 15.3. The van der Waals surface area contributed by atoms with Gasteiger partial charge in [-0.25, -0.2) is 8.78 Å². The largest absolute Gasteiger partial charge is 0.340 e. The Balaban J connectivity index is 2.12. The molecule has 1 aliphatic heterocycles. The molecule has 0 aromatic heterocycles. The lowest BCUT2D eigenvalue weighted by Gasteiger charge is -2.22. The van der Waals surface area contributed by atoms with Crippen LogP contribution in [0.4, 0.5) is 8.78 Å². The Labute approximate surface area is 119 Å². The normalized spacial score (nSPS) is 26.9. The lowest BCUT2D eigenvalue weighted by atomic mass is 10.1. The maximum Gasteiger partial charge on any atom is 0.254 e. The predicted molar refractivity (Wildman–Crippen MR) is 68.8 cm³/mol. The SMILES string of the molecule is NC1CC(F)=CC(C(=O)NC2CCC(=O)NC2=O)=C(F)C1. The summed E-state index contributed by atoms with van der Waals surface area (Å²) in [6, 6.07) is -1.67. The zero-order valence-corrected chi connectivity index (χ0v) is 11.1. The topological polar surface area (TPSA) is 101 Å². The Kier molecular flexibility index (Phi) is 4.46. The Morgan fingerprint density at radius 1 is 1.33 bits per heavy atom. The molecule has 2 atom stereocenters. The van der Waals surface area contributed by atoms with Crippen molar-refractivity contribution in [3.63, 3.8) is 0 Å². The Hall–Kier alpha value is -2.09. The summed E-state index contributed by atoms with van der Waals surface area (Å²) >= 11 is 0. The van der Waals surface area contributed by atoms with E-state index in [0.717, 1.165) is 6.08 Å². The molecule has 1 heterocycles. The molecule has 0 spiro atoms. The number of hydrogen-bond acceptors (Lipinski definition) is 4. The molecule has 8 heteroatoms. The van der Waals surface area contributed by atoms with Crippen molar-refractivity contribution in [2.45, 2.75) is 37.8 Å². The van der Waals surface area contributed by atoms with Crippen LogP contribution in [0, 0.1) is 0 Å². The van der Waals surface area contributed by atoms with E-state index >= 15 is 0 Å². The van der Waals surface area contributed by atoms with Crippen LogP contribution in [0.1, 0.15) is 25.7 Å². The van der Waals surface area contributed by atoms with Crippen LogP contribution in [-0.2, 0) is 14.4 Å². The van der Waals surface area contributed by atoms with E-state index in [2.05, 4.69) is 10.6 Å². The van der Waals surface area contributed by atoms with Gasteiger partial charge < -0.3 is 11.1 Å². The van der Waals surface area contributed by atoms with Crippen LogP contribution in [0.25, 0.3) is 0 Å². The van der Waals surface area contributed by atoms with E-state index in [1.54, 1.807) is 0 Å². The maximum atomic E-state index is 13.9. The van der Waals surface area contributed by atoms with Crippen LogP contribution < -0.4 is 16.4 Å². The number of nitrogens with one attached hydrogen (secondary N) is 2. The molecule has 4 N–H and O–H groups in total. The van der Waals surface area contributed by atoms with Gasteiger partial charge in [-0.05, 0) is 12.5 Å². The van der Waals surface area contributed by atoms with Crippen LogP contribution in [0.15, 0.2) is 23.3 Å². The van der Waals surface area contributed by atoms with Crippen LogP contribution in [0.2, 0.25) is 0 Å². The van der Waals surface area contributed by atoms with Crippen molar-refractivity contribution in [3.8, 4) is 0 Å². The number of imide groups is 1. The molecule has 0 radical (unpaired) electrons. The highest BCUT2D eigenvalue weighted by Gasteiger charge is 2.30. The third-order valence-corrected chi connectivity index (χ3v) is 3.28. The predicted octanol–water partition coefficient (Wildman–Crippen LogP) is 0.106. The van der Waals surface area contributed by atoms with E-state index < -0.39 is 47.0 Å². The summed E-state index contributed by atoms with van der Waals surface area (Å²) in [5, 5.41) is 4.36.